The smallest absolute Gasteiger partial charge is 0.0205 e. The van der Waals surface area contributed by atoms with Gasteiger partial charge in [0.05, 0.1) is 0 Å². The van der Waals surface area contributed by atoms with E-state index >= 15 is 0 Å². The zero-order chi connectivity index (χ0) is 12.8. The van der Waals surface area contributed by atoms with Crippen molar-refractivity contribution in [2.75, 3.05) is 6.54 Å². The standard InChI is InChI=1S/C17H27N/c1-14(2)11-15-7-9-17(10-8-15)13-18-12-16-5-3-4-6-16/h7-10,14,16,18H,3-6,11-13H2,1-2H3. The van der Waals surface area contributed by atoms with Crippen LogP contribution in [-0.2, 0) is 13.0 Å². The third-order valence-electron chi connectivity index (χ3n) is 3.90. The lowest BCUT2D eigenvalue weighted by molar-refractivity contribution is 0.489. The fraction of sp³-hybridized carbons (Fsp3) is 0.647. The van der Waals surface area contributed by atoms with Crippen molar-refractivity contribution in [3.8, 4) is 0 Å². The highest BCUT2D eigenvalue weighted by Crippen LogP contribution is 2.23. The predicted octanol–water partition coefficient (Wildman–Crippen LogP) is 4.16. The Labute approximate surface area is 112 Å². The summed E-state index contributed by atoms with van der Waals surface area (Å²) >= 11 is 0. The molecule has 0 aliphatic heterocycles. The molecule has 1 saturated carbocycles. The highest BCUT2D eigenvalue weighted by Gasteiger charge is 2.13. The first-order valence-electron chi connectivity index (χ1n) is 7.52. The van der Waals surface area contributed by atoms with Crippen molar-refractivity contribution in [1.82, 2.24) is 5.32 Å². The first kappa shape index (κ1) is 13.6. The Morgan fingerprint density at radius 1 is 1.06 bits per heavy atom. The van der Waals surface area contributed by atoms with Gasteiger partial charge in [-0.05, 0) is 48.8 Å². The van der Waals surface area contributed by atoms with Crippen LogP contribution in [0, 0.1) is 11.8 Å². The minimum absolute atomic E-state index is 0.747. The largest absolute Gasteiger partial charge is 0.312 e. The van der Waals surface area contributed by atoms with E-state index in [4.69, 9.17) is 0 Å². The van der Waals surface area contributed by atoms with E-state index in [-0.39, 0.29) is 0 Å². The molecule has 0 saturated heterocycles. The van der Waals surface area contributed by atoms with E-state index in [1.165, 1.54) is 49.8 Å². The molecular weight excluding hydrogens is 218 g/mol. The molecule has 2 rings (SSSR count). The number of nitrogens with one attached hydrogen (secondary N) is 1. The van der Waals surface area contributed by atoms with Crippen molar-refractivity contribution in [3.63, 3.8) is 0 Å². The van der Waals surface area contributed by atoms with Crippen LogP contribution in [0.25, 0.3) is 0 Å². The van der Waals surface area contributed by atoms with Crippen LogP contribution in [0.5, 0.6) is 0 Å². The average Bonchev–Trinajstić information content (AvgIpc) is 2.84. The molecule has 1 fully saturated rings. The van der Waals surface area contributed by atoms with Crippen molar-refractivity contribution in [1.29, 1.82) is 0 Å². The fourth-order valence-electron chi connectivity index (χ4n) is 2.90. The molecule has 0 spiro atoms. The Hall–Kier alpha value is -0.820. The molecule has 1 nitrogen and oxygen atoms in total. The van der Waals surface area contributed by atoms with Crippen LogP contribution in [0.1, 0.15) is 50.7 Å². The SMILES string of the molecule is CC(C)Cc1ccc(CNCC2CCCC2)cc1. The van der Waals surface area contributed by atoms with Crippen LogP contribution in [0.15, 0.2) is 24.3 Å². The summed E-state index contributed by atoms with van der Waals surface area (Å²) in [6, 6.07) is 9.12. The molecule has 0 bridgehead atoms. The Morgan fingerprint density at radius 2 is 1.67 bits per heavy atom. The predicted molar refractivity (Wildman–Crippen MR) is 78.6 cm³/mol. The van der Waals surface area contributed by atoms with Gasteiger partial charge in [0.15, 0.2) is 0 Å². The molecule has 0 amide bonds. The Bertz CT molecular complexity index is 333. The van der Waals surface area contributed by atoms with Gasteiger partial charge in [0, 0.05) is 6.54 Å². The lowest BCUT2D eigenvalue weighted by Crippen LogP contribution is -2.20. The fourth-order valence-corrected chi connectivity index (χ4v) is 2.90. The summed E-state index contributed by atoms with van der Waals surface area (Å²) in [4.78, 5) is 0. The van der Waals surface area contributed by atoms with Gasteiger partial charge in [0.25, 0.3) is 0 Å². The summed E-state index contributed by atoms with van der Waals surface area (Å²) in [5.74, 6) is 1.68. The zero-order valence-electron chi connectivity index (χ0n) is 11.9. The normalized spacial score (nSPS) is 16.6. The molecule has 1 aliphatic rings. The second-order valence-electron chi connectivity index (χ2n) is 6.20. The molecule has 0 heterocycles. The third kappa shape index (κ3) is 4.45. The van der Waals surface area contributed by atoms with Crippen molar-refractivity contribution in [3.05, 3.63) is 35.4 Å². The van der Waals surface area contributed by atoms with Crippen LogP contribution in [-0.4, -0.2) is 6.54 Å². The number of benzene rings is 1. The summed E-state index contributed by atoms with van der Waals surface area (Å²) < 4.78 is 0. The summed E-state index contributed by atoms with van der Waals surface area (Å²) in [7, 11) is 0. The van der Waals surface area contributed by atoms with Crippen LogP contribution in [0.4, 0.5) is 0 Å². The second-order valence-corrected chi connectivity index (χ2v) is 6.20. The molecule has 0 aromatic heterocycles. The summed E-state index contributed by atoms with van der Waals surface area (Å²) in [6.07, 6.45) is 6.93. The minimum Gasteiger partial charge on any atom is -0.312 e. The second kappa shape index (κ2) is 6.94. The molecule has 0 radical (unpaired) electrons. The van der Waals surface area contributed by atoms with E-state index in [1.54, 1.807) is 0 Å². The van der Waals surface area contributed by atoms with Gasteiger partial charge in [-0.1, -0.05) is 51.0 Å². The summed E-state index contributed by atoms with van der Waals surface area (Å²) in [6.45, 7) is 6.78. The topological polar surface area (TPSA) is 12.0 Å². The first-order valence-corrected chi connectivity index (χ1v) is 7.52. The van der Waals surface area contributed by atoms with Crippen LogP contribution in [0.2, 0.25) is 0 Å². The van der Waals surface area contributed by atoms with E-state index in [0.717, 1.165) is 18.4 Å². The first-order chi connectivity index (χ1) is 8.74. The van der Waals surface area contributed by atoms with Crippen LogP contribution >= 0.6 is 0 Å². The molecule has 100 valence electrons. The molecule has 1 N–H and O–H groups in total. The van der Waals surface area contributed by atoms with Gasteiger partial charge in [-0.25, -0.2) is 0 Å². The Balaban J connectivity index is 1.72. The monoisotopic (exact) mass is 245 g/mol. The van der Waals surface area contributed by atoms with Gasteiger partial charge in [0.1, 0.15) is 0 Å². The number of hydrogen-bond donors (Lipinski definition) is 1. The van der Waals surface area contributed by atoms with E-state index in [9.17, 15) is 0 Å². The maximum absolute atomic E-state index is 3.60. The molecule has 1 aromatic carbocycles. The van der Waals surface area contributed by atoms with Crippen LogP contribution in [0.3, 0.4) is 0 Å². The van der Waals surface area contributed by atoms with Gasteiger partial charge in [-0.2, -0.15) is 0 Å². The molecule has 1 aromatic rings. The minimum atomic E-state index is 0.747. The van der Waals surface area contributed by atoms with Crippen molar-refractivity contribution in [2.24, 2.45) is 11.8 Å². The molecule has 1 heteroatoms. The van der Waals surface area contributed by atoms with Gasteiger partial charge >= 0.3 is 0 Å². The Kier molecular flexibility index (Phi) is 5.25. The molecule has 0 atom stereocenters. The number of rotatable bonds is 6. The van der Waals surface area contributed by atoms with Crippen molar-refractivity contribution in [2.45, 2.75) is 52.5 Å². The van der Waals surface area contributed by atoms with E-state index < -0.39 is 0 Å². The van der Waals surface area contributed by atoms with Gasteiger partial charge in [0.2, 0.25) is 0 Å². The van der Waals surface area contributed by atoms with Crippen molar-refractivity contribution >= 4 is 0 Å². The molecule has 18 heavy (non-hydrogen) atoms. The lowest BCUT2D eigenvalue weighted by Gasteiger charge is -2.11. The molecule has 1 aliphatic carbocycles. The van der Waals surface area contributed by atoms with Crippen molar-refractivity contribution < 1.29 is 0 Å². The lowest BCUT2D eigenvalue weighted by atomic mass is 10.0. The molecular formula is C17H27N. The third-order valence-corrected chi connectivity index (χ3v) is 3.90. The highest BCUT2D eigenvalue weighted by molar-refractivity contribution is 5.22. The van der Waals surface area contributed by atoms with Gasteiger partial charge in [-0.15, -0.1) is 0 Å². The van der Waals surface area contributed by atoms with E-state index in [0.29, 0.717) is 0 Å². The van der Waals surface area contributed by atoms with Gasteiger partial charge < -0.3 is 5.32 Å². The van der Waals surface area contributed by atoms with Crippen LogP contribution < -0.4 is 5.32 Å². The summed E-state index contributed by atoms with van der Waals surface area (Å²) in [5.41, 5.74) is 2.88. The van der Waals surface area contributed by atoms with Gasteiger partial charge in [-0.3, -0.25) is 0 Å². The average molecular weight is 245 g/mol. The highest BCUT2D eigenvalue weighted by atomic mass is 14.9. The summed E-state index contributed by atoms with van der Waals surface area (Å²) in [5, 5.41) is 3.60. The quantitative estimate of drug-likeness (QED) is 0.793. The maximum atomic E-state index is 3.60. The number of hydrogen-bond acceptors (Lipinski definition) is 1. The maximum Gasteiger partial charge on any atom is 0.0205 e. The van der Waals surface area contributed by atoms with E-state index in [1.807, 2.05) is 0 Å². The Morgan fingerprint density at radius 3 is 2.28 bits per heavy atom. The zero-order valence-corrected chi connectivity index (χ0v) is 11.9. The van der Waals surface area contributed by atoms with E-state index in [2.05, 4.69) is 43.4 Å². The molecule has 0 unspecified atom stereocenters.